The van der Waals surface area contributed by atoms with E-state index in [0.29, 0.717) is 10.8 Å². The molecule has 0 aliphatic carbocycles. The zero-order chi connectivity index (χ0) is 13.3. The van der Waals surface area contributed by atoms with Crippen LogP contribution in [0.25, 0.3) is 6.08 Å². The molecule has 0 fully saturated rings. The maximum Gasteiger partial charge on any atom is 0.235 e. The minimum absolute atomic E-state index is 0.114. The lowest BCUT2D eigenvalue weighted by Gasteiger charge is -1.99. The average Bonchev–Trinajstić information content (AvgIpc) is 2.54. The van der Waals surface area contributed by atoms with Crippen molar-refractivity contribution in [1.29, 1.82) is 0 Å². The quantitative estimate of drug-likeness (QED) is 0.607. The van der Waals surface area contributed by atoms with E-state index in [1.54, 1.807) is 37.3 Å². The fraction of sp³-hybridized carbons (Fsp3) is 0.143. The zero-order valence-corrected chi connectivity index (χ0v) is 10.7. The van der Waals surface area contributed by atoms with Crippen LogP contribution in [0.2, 0.25) is 5.02 Å². The van der Waals surface area contributed by atoms with Gasteiger partial charge < -0.3 is 4.74 Å². The van der Waals surface area contributed by atoms with Gasteiger partial charge in [-0.3, -0.25) is 9.59 Å². The van der Waals surface area contributed by atoms with Gasteiger partial charge in [-0.05, 0) is 37.6 Å². The molecule has 1 aromatic rings. The van der Waals surface area contributed by atoms with Gasteiger partial charge in [0.05, 0.1) is 0 Å². The van der Waals surface area contributed by atoms with Gasteiger partial charge in [-0.15, -0.1) is 0 Å². The van der Waals surface area contributed by atoms with E-state index < -0.39 is 0 Å². The predicted octanol–water partition coefficient (Wildman–Crippen LogP) is 3.14. The van der Waals surface area contributed by atoms with E-state index >= 15 is 0 Å². The number of carbonyl (C=O) groups is 2. The number of hydrogen-bond donors (Lipinski definition) is 0. The summed E-state index contributed by atoms with van der Waals surface area (Å²) in [5, 5.41) is 0.575. The van der Waals surface area contributed by atoms with Gasteiger partial charge in [-0.1, -0.05) is 23.7 Å². The maximum atomic E-state index is 11.9. The second-order valence-electron chi connectivity index (χ2n) is 3.98. The molecule has 0 saturated carbocycles. The smallest absolute Gasteiger partial charge is 0.235 e. The SMILES string of the molecule is CC(=O)C1=C(C)O/C(=C\c2cccc(Cl)c2)C1=O. The second kappa shape index (κ2) is 4.78. The van der Waals surface area contributed by atoms with Gasteiger partial charge >= 0.3 is 0 Å². The first-order valence-corrected chi connectivity index (χ1v) is 5.78. The van der Waals surface area contributed by atoms with E-state index in [2.05, 4.69) is 0 Å². The predicted molar refractivity (Wildman–Crippen MR) is 68.9 cm³/mol. The van der Waals surface area contributed by atoms with Crippen LogP contribution in [0.1, 0.15) is 19.4 Å². The molecule has 1 aliphatic rings. The first-order chi connectivity index (χ1) is 8.49. The van der Waals surface area contributed by atoms with E-state index in [1.807, 2.05) is 0 Å². The van der Waals surface area contributed by atoms with Crippen molar-refractivity contribution in [1.82, 2.24) is 0 Å². The van der Waals surface area contributed by atoms with Gasteiger partial charge in [0, 0.05) is 5.02 Å². The number of halogens is 1. The summed E-state index contributed by atoms with van der Waals surface area (Å²) in [7, 11) is 0. The highest BCUT2D eigenvalue weighted by molar-refractivity contribution is 6.31. The number of carbonyl (C=O) groups excluding carboxylic acids is 2. The lowest BCUT2D eigenvalue weighted by molar-refractivity contribution is -0.118. The van der Waals surface area contributed by atoms with Crippen molar-refractivity contribution in [3.8, 4) is 0 Å². The summed E-state index contributed by atoms with van der Waals surface area (Å²) in [5.41, 5.74) is 0.867. The number of allylic oxidation sites excluding steroid dienone is 2. The Balaban J connectivity index is 2.34. The van der Waals surface area contributed by atoms with Crippen molar-refractivity contribution in [2.75, 3.05) is 0 Å². The fourth-order valence-electron chi connectivity index (χ4n) is 1.80. The third kappa shape index (κ3) is 2.36. The van der Waals surface area contributed by atoms with Crippen molar-refractivity contribution in [2.45, 2.75) is 13.8 Å². The molecule has 0 atom stereocenters. The highest BCUT2D eigenvalue weighted by atomic mass is 35.5. The number of ether oxygens (including phenoxy) is 1. The largest absolute Gasteiger partial charge is 0.457 e. The van der Waals surface area contributed by atoms with E-state index in [9.17, 15) is 9.59 Å². The van der Waals surface area contributed by atoms with Gasteiger partial charge in [-0.2, -0.15) is 0 Å². The Labute approximate surface area is 110 Å². The summed E-state index contributed by atoms with van der Waals surface area (Å²) >= 11 is 5.85. The topological polar surface area (TPSA) is 43.4 Å². The van der Waals surface area contributed by atoms with Crippen LogP contribution in [-0.4, -0.2) is 11.6 Å². The summed E-state index contributed by atoms with van der Waals surface area (Å²) in [5.74, 6) is -0.160. The van der Waals surface area contributed by atoms with Crippen LogP contribution in [-0.2, 0) is 14.3 Å². The Morgan fingerprint density at radius 2 is 2.11 bits per heavy atom. The lowest BCUT2D eigenvalue weighted by Crippen LogP contribution is -2.07. The lowest BCUT2D eigenvalue weighted by atomic mass is 10.1. The van der Waals surface area contributed by atoms with E-state index in [0.717, 1.165) is 5.56 Å². The third-order valence-electron chi connectivity index (χ3n) is 2.56. The number of hydrogen-bond acceptors (Lipinski definition) is 3. The van der Waals surface area contributed by atoms with Crippen LogP contribution in [0.4, 0.5) is 0 Å². The van der Waals surface area contributed by atoms with Gasteiger partial charge in [0.1, 0.15) is 11.3 Å². The number of Topliss-reactive ketones (excluding diaryl/α,β-unsaturated/α-hetero) is 2. The number of rotatable bonds is 2. The van der Waals surface area contributed by atoms with Crippen LogP contribution in [0.5, 0.6) is 0 Å². The van der Waals surface area contributed by atoms with Crippen molar-refractivity contribution in [3.05, 3.63) is 51.9 Å². The molecular weight excluding hydrogens is 252 g/mol. The Bertz CT molecular complexity index is 597. The summed E-state index contributed by atoms with van der Waals surface area (Å²) in [6.45, 7) is 2.95. The number of ketones is 2. The Hall–Kier alpha value is -1.87. The highest BCUT2D eigenvalue weighted by Gasteiger charge is 2.30. The average molecular weight is 263 g/mol. The van der Waals surface area contributed by atoms with Gasteiger partial charge in [0.25, 0.3) is 0 Å². The number of benzene rings is 1. The normalized spacial score (nSPS) is 17.3. The molecule has 0 saturated heterocycles. The van der Waals surface area contributed by atoms with Crippen molar-refractivity contribution in [2.24, 2.45) is 0 Å². The van der Waals surface area contributed by atoms with Crippen LogP contribution in [0, 0.1) is 0 Å². The van der Waals surface area contributed by atoms with E-state index in [1.165, 1.54) is 6.92 Å². The highest BCUT2D eigenvalue weighted by Crippen LogP contribution is 2.27. The minimum Gasteiger partial charge on any atom is -0.457 e. The van der Waals surface area contributed by atoms with Gasteiger partial charge in [-0.25, -0.2) is 0 Å². The second-order valence-corrected chi connectivity index (χ2v) is 4.42. The van der Waals surface area contributed by atoms with Crippen LogP contribution < -0.4 is 0 Å². The van der Waals surface area contributed by atoms with E-state index in [-0.39, 0.29) is 22.9 Å². The molecule has 1 heterocycles. The van der Waals surface area contributed by atoms with E-state index in [4.69, 9.17) is 16.3 Å². The van der Waals surface area contributed by atoms with Gasteiger partial charge in [0.2, 0.25) is 5.78 Å². The van der Waals surface area contributed by atoms with Crippen LogP contribution in [0.15, 0.2) is 41.4 Å². The molecular formula is C14H11ClO3. The summed E-state index contributed by atoms with van der Waals surface area (Å²) in [6, 6.07) is 7.04. The Morgan fingerprint density at radius 1 is 1.39 bits per heavy atom. The monoisotopic (exact) mass is 262 g/mol. The minimum atomic E-state index is -0.375. The molecule has 0 aromatic heterocycles. The standard InChI is InChI=1S/C14H11ClO3/c1-8(16)13-9(2)18-12(14(13)17)7-10-4-3-5-11(15)6-10/h3-7H,1-2H3/b12-7-. The molecule has 18 heavy (non-hydrogen) atoms. The van der Waals surface area contributed by atoms with Crippen molar-refractivity contribution >= 4 is 29.2 Å². The summed E-state index contributed by atoms with van der Waals surface area (Å²) in [4.78, 5) is 23.3. The molecule has 92 valence electrons. The van der Waals surface area contributed by atoms with Crippen molar-refractivity contribution < 1.29 is 14.3 Å². The maximum absolute atomic E-state index is 11.9. The zero-order valence-electron chi connectivity index (χ0n) is 9.99. The molecule has 4 heteroatoms. The Morgan fingerprint density at radius 3 is 2.67 bits per heavy atom. The molecule has 1 aromatic carbocycles. The molecule has 0 radical (unpaired) electrons. The first-order valence-electron chi connectivity index (χ1n) is 5.40. The Kier molecular flexibility index (Phi) is 3.34. The summed E-state index contributed by atoms with van der Waals surface area (Å²) in [6.07, 6.45) is 1.58. The molecule has 3 nitrogen and oxygen atoms in total. The fourth-order valence-corrected chi connectivity index (χ4v) is 1.99. The molecule has 0 unspecified atom stereocenters. The molecule has 0 amide bonds. The molecule has 0 bridgehead atoms. The molecule has 2 rings (SSSR count). The summed E-state index contributed by atoms with van der Waals surface area (Å²) < 4.78 is 5.32. The van der Waals surface area contributed by atoms with Crippen molar-refractivity contribution in [3.63, 3.8) is 0 Å². The van der Waals surface area contributed by atoms with Crippen LogP contribution >= 0.6 is 11.6 Å². The molecule has 1 aliphatic heterocycles. The van der Waals surface area contributed by atoms with Crippen LogP contribution in [0.3, 0.4) is 0 Å². The third-order valence-corrected chi connectivity index (χ3v) is 2.80. The first kappa shape index (κ1) is 12.6. The molecule has 0 N–H and O–H groups in total. The van der Waals surface area contributed by atoms with Gasteiger partial charge in [0.15, 0.2) is 11.5 Å². The molecule has 0 spiro atoms.